The average Bonchev–Trinajstić information content (AvgIpc) is 2.69. The van der Waals surface area contributed by atoms with Gasteiger partial charge in [0.25, 0.3) is 10.0 Å². The number of amides is 1. The number of aryl methyl sites for hydroxylation is 1. The van der Waals surface area contributed by atoms with Gasteiger partial charge in [-0.15, -0.1) is 0 Å². The van der Waals surface area contributed by atoms with Crippen LogP contribution < -0.4 is 10.0 Å². The van der Waals surface area contributed by atoms with Gasteiger partial charge in [0.2, 0.25) is 5.91 Å². The first kappa shape index (κ1) is 17.3. The highest BCUT2D eigenvalue weighted by atomic mass is 35.5. The zero-order valence-electron chi connectivity index (χ0n) is 11.3. The summed E-state index contributed by atoms with van der Waals surface area (Å²) >= 11 is 6.53. The van der Waals surface area contributed by atoms with E-state index in [9.17, 15) is 13.2 Å². The fourth-order valence-corrected chi connectivity index (χ4v) is 4.33. The number of thiazole rings is 1. The van der Waals surface area contributed by atoms with Crippen LogP contribution >= 0.6 is 22.9 Å². The number of nitrogens with one attached hydrogen (secondary N) is 2. The van der Waals surface area contributed by atoms with E-state index in [1.54, 1.807) is 6.92 Å². The second-order valence-electron chi connectivity index (χ2n) is 3.97. The highest BCUT2D eigenvalue weighted by molar-refractivity contribution is 7.91. The molecule has 1 rings (SSSR count). The van der Waals surface area contributed by atoms with E-state index in [4.69, 9.17) is 16.3 Å². The van der Waals surface area contributed by atoms with Crippen molar-refractivity contribution in [2.45, 2.75) is 24.1 Å². The van der Waals surface area contributed by atoms with E-state index in [0.29, 0.717) is 18.8 Å². The van der Waals surface area contributed by atoms with Gasteiger partial charge in [-0.25, -0.2) is 13.4 Å². The lowest BCUT2D eigenvalue weighted by Gasteiger charge is -2.13. The summed E-state index contributed by atoms with van der Waals surface area (Å²) in [5, 5.41) is 2.55. The van der Waals surface area contributed by atoms with E-state index in [1.165, 1.54) is 14.0 Å². The van der Waals surface area contributed by atoms with E-state index in [1.807, 2.05) is 0 Å². The fraction of sp³-hybridized carbons (Fsp3) is 0.600. The molecule has 0 fully saturated rings. The van der Waals surface area contributed by atoms with Crippen molar-refractivity contribution in [3.8, 4) is 0 Å². The molecule has 0 saturated carbocycles. The zero-order chi connectivity index (χ0) is 15.3. The van der Waals surface area contributed by atoms with Gasteiger partial charge in [0.15, 0.2) is 8.68 Å². The number of carbonyl (C=O) groups is 1. The summed E-state index contributed by atoms with van der Waals surface area (Å²) in [4.78, 5) is 15.5. The van der Waals surface area contributed by atoms with Gasteiger partial charge in [-0.05, 0) is 13.8 Å². The fourth-order valence-electron chi connectivity index (χ4n) is 1.37. The summed E-state index contributed by atoms with van der Waals surface area (Å²) in [5.41, 5.74) is 0.305. The maximum absolute atomic E-state index is 12.1. The molecule has 0 spiro atoms. The van der Waals surface area contributed by atoms with Gasteiger partial charge in [0.05, 0.1) is 18.3 Å². The molecule has 1 aromatic rings. The minimum Gasteiger partial charge on any atom is -0.383 e. The molecule has 1 heterocycles. The van der Waals surface area contributed by atoms with E-state index in [2.05, 4.69) is 15.0 Å². The molecule has 0 radical (unpaired) electrons. The van der Waals surface area contributed by atoms with Crippen LogP contribution in [0.4, 0.5) is 0 Å². The normalized spacial score (nSPS) is 13.2. The number of sulfonamides is 1. The van der Waals surface area contributed by atoms with Crippen LogP contribution in [0, 0.1) is 6.92 Å². The second kappa shape index (κ2) is 7.32. The van der Waals surface area contributed by atoms with Crippen LogP contribution in [0.5, 0.6) is 0 Å². The van der Waals surface area contributed by atoms with Gasteiger partial charge < -0.3 is 10.1 Å². The molecule has 0 aliphatic carbocycles. The smallest absolute Gasteiger partial charge is 0.252 e. The Hall–Kier alpha value is -0.740. The molecule has 0 saturated heterocycles. The topological polar surface area (TPSA) is 97.4 Å². The number of carbonyl (C=O) groups excluding carboxylic acids is 1. The lowest BCUT2D eigenvalue weighted by atomic mass is 10.3. The molecule has 1 unspecified atom stereocenters. The molecule has 0 aromatic carbocycles. The average molecular weight is 342 g/mol. The Bertz CT molecular complexity index is 573. The third-order valence-corrected chi connectivity index (χ3v) is 5.71. The highest BCUT2D eigenvalue weighted by Gasteiger charge is 2.26. The molecule has 2 N–H and O–H groups in total. The third kappa shape index (κ3) is 4.67. The minimum absolute atomic E-state index is 0.0130. The number of rotatable bonds is 7. The molecule has 0 aliphatic heterocycles. The Morgan fingerprint density at radius 3 is 2.70 bits per heavy atom. The maximum atomic E-state index is 12.1. The number of methoxy groups -OCH3 is 1. The molecule has 20 heavy (non-hydrogen) atoms. The Kier molecular flexibility index (Phi) is 6.34. The first-order valence-corrected chi connectivity index (χ1v) is 8.37. The minimum atomic E-state index is -3.82. The first-order valence-electron chi connectivity index (χ1n) is 5.70. The zero-order valence-corrected chi connectivity index (χ0v) is 13.7. The number of ether oxygens (including phenoxy) is 1. The Labute approximate surface area is 126 Å². The van der Waals surface area contributed by atoms with Crippen molar-refractivity contribution in [3.63, 3.8) is 0 Å². The molecular weight excluding hydrogens is 326 g/mol. The van der Waals surface area contributed by atoms with Crippen molar-refractivity contribution in [2.24, 2.45) is 0 Å². The highest BCUT2D eigenvalue weighted by Crippen LogP contribution is 2.26. The molecule has 1 atom stereocenters. The van der Waals surface area contributed by atoms with Gasteiger partial charge in [-0.3, -0.25) is 4.79 Å². The Balaban J connectivity index is 2.71. The number of nitrogens with zero attached hydrogens (tertiary/aromatic N) is 1. The summed E-state index contributed by atoms with van der Waals surface area (Å²) in [6.45, 7) is 3.67. The van der Waals surface area contributed by atoms with Crippen LogP contribution in [0.3, 0.4) is 0 Å². The van der Waals surface area contributed by atoms with Crippen molar-refractivity contribution in [1.82, 2.24) is 15.0 Å². The standard InChI is InChI=1S/C10H16ClN3O4S2/c1-6(8(15)12-4-5-18-3)14-20(16,17)9-7(2)13-10(11)19-9/h6,14H,4-5H2,1-3H3,(H,12,15). The van der Waals surface area contributed by atoms with Gasteiger partial charge in [0.1, 0.15) is 0 Å². The van der Waals surface area contributed by atoms with Crippen molar-refractivity contribution in [1.29, 1.82) is 0 Å². The first-order chi connectivity index (χ1) is 9.27. The predicted octanol–water partition coefficient (Wildman–Crippen LogP) is 0.534. The summed E-state index contributed by atoms with van der Waals surface area (Å²) in [5.74, 6) is -0.432. The monoisotopic (exact) mass is 341 g/mol. The largest absolute Gasteiger partial charge is 0.383 e. The molecule has 1 amide bonds. The number of halogens is 1. The molecule has 10 heteroatoms. The Morgan fingerprint density at radius 2 is 2.20 bits per heavy atom. The van der Waals surface area contributed by atoms with Crippen molar-refractivity contribution < 1.29 is 17.9 Å². The molecule has 0 bridgehead atoms. The lowest BCUT2D eigenvalue weighted by Crippen LogP contribution is -2.45. The quantitative estimate of drug-likeness (QED) is 0.705. The second-order valence-corrected chi connectivity index (χ2v) is 7.46. The molecule has 114 valence electrons. The molecule has 1 aromatic heterocycles. The van der Waals surface area contributed by atoms with Gasteiger partial charge in [0, 0.05) is 13.7 Å². The third-order valence-electron chi connectivity index (χ3n) is 2.30. The van der Waals surface area contributed by atoms with Crippen LogP contribution in [0.2, 0.25) is 4.47 Å². The summed E-state index contributed by atoms with van der Waals surface area (Å²) in [6, 6.07) is -0.905. The van der Waals surface area contributed by atoms with E-state index in [-0.39, 0.29) is 8.68 Å². The number of aromatic nitrogens is 1. The van der Waals surface area contributed by atoms with Crippen molar-refractivity contribution in [3.05, 3.63) is 10.2 Å². The summed E-state index contributed by atoms with van der Waals surface area (Å²) in [7, 11) is -2.31. The Morgan fingerprint density at radius 1 is 1.55 bits per heavy atom. The van der Waals surface area contributed by atoms with Crippen LogP contribution in [0.25, 0.3) is 0 Å². The summed E-state index contributed by atoms with van der Waals surface area (Å²) in [6.07, 6.45) is 0. The van der Waals surface area contributed by atoms with Crippen molar-refractivity contribution >= 4 is 38.9 Å². The molecule has 0 aliphatic rings. The van der Waals surface area contributed by atoms with Gasteiger partial charge in [-0.1, -0.05) is 22.9 Å². The molecular formula is C10H16ClN3O4S2. The van der Waals surface area contributed by atoms with Gasteiger partial charge in [-0.2, -0.15) is 4.72 Å². The number of hydrogen-bond acceptors (Lipinski definition) is 6. The van der Waals surface area contributed by atoms with E-state index in [0.717, 1.165) is 11.3 Å². The lowest BCUT2D eigenvalue weighted by molar-refractivity contribution is -0.122. The van der Waals surface area contributed by atoms with E-state index < -0.39 is 22.0 Å². The summed E-state index contributed by atoms with van der Waals surface area (Å²) < 4.78 is 31.4. The van der Waals surface area contributed by atoms with Gasteiger partial charge >= 0.3 is 0 Å². The number of hydrogen-bond donors (Lipinski definition) is 2. The molecule has 7 nitrogen and oxygen atoms in total. The maximum Gasteiger partial charge on any atom is 0.252 e. The van der Waals surface area contributed by atoms with E-state index >= 15 is 0 Å². The van der Waals surface area contributed by atoms with Crippen LogP contribution in [0.1, 0.15) is 12.6 Å². The van der Waals surface area contributed by atoms with Crippen LogP contribution in [-0.4, -0.2) is 45.6 Å². The van der Waals surface area contributed by atoms with Crippen LogP contribution in [0.15, 0.2) is 4.21 Å². The van der Waals surface area contributed by atoms with Crippen LogP contribution in [-0.2, 0) is 19.6 Å². The SMILES string of the molecule is COCCNC(=O)C(C)NS(=O)(=O)c1sc(Cl)nc1C. The van der Waals surface area contributed by atoms with Crippen molar-refractivity contribution in [2.75, 3.05) is 20.3 Å². The predicted molar refractivity (Wildman–Crippen MR) is 76.5 cm³/mol.